The van der Waals surface area contributed by atoms with Gasteiger partial charge in [-0.1, -0.05) is 17.7 Å². The Bertz CT molecular complexity index is 965. The number of ether oxygens (including phenoxy) is 2. The molecule has 0 atom stereocenters. The van der Waals surface area contributed by atoms with Crippen molar-refractivity contribution in [3.63, 3.8) is 0 Å². The lowest BCUT2D eigenvalue weighted by molar-refractivity contribution is -0.157. The molecule has 0 saturated heterocycles. The summed E-state index contributed by atoms with van der Waals surface area (Å²) >= 11 is 6.11. The molecule has 0 amide bonds. The monoisotopic (exact) mass is 411 g/mol. The summed E-state index contributed by atoms with van der Waals surface area (Å²) in [4.78, 5) is 11.9. The Morgan fingerprint density at radius 3 is 2.37 bits per heavy atom. The average Bonchev–Trinajstić information content (AvgIpc) is 2.51. The van der Waals surface area contributed by atoms with Gasteiger partial charge in [-0.25, -0.2) is 18.4 Å². The van der Waals surface area contributed by atoms with Crippen LogP contribution in [0.25, 0.3) is 11.1 Å². The predicted molar refractivity (Wildman–Crippen MR) is 104 cm³/mol. The first kappa shape index (κ1) is 21.2. The van der Waals surface area contributed by atoms with E-state index in [0.29, 0.717) is 21.9 Å². The smallest absolute Gasteiger partial charge is 0.344 e. The van der Waals surface area contributed by atoms with Crippen molar-refractivity contribution >= 4 is 27.6 Å². The third-order valence-corrected chi connectivity index (χ3v) is 4.68. The van der Waals surface area contributed by atoms with Crippen LogP contribution in [0.3, 0.4) is 0 Å². The zero-order valence-corrected chi connectivity index (χ0v) is 17.1. The highest BCUT2D eigenvalue weighted by Gasteiger charge is 2.19. The number of sulfonamides is 1. The van der Waals surface area contributed by atoms with Crippen LogP contribution < -0.4 is 9.88 Å². The van der Waals surface area contributed by atoms with E-state index in [2.05, 4.69) is 0 Å². The lowest BCUT2D eigenvalue weighted by Gasteiger charge is -2.20. The standard InChI is InChI=1S/C19H22ClNO5S/c1-12-5-7-14(27(21,23)24)10-15(12)16-9-13(20)6-8-17(16)25-11-18(22)26-19(2,3)4/h5-10H,11H2,1-4H3,(H2,21,23,24). The van der Waals surface area contributed by atoms with Crippen LogP contribution >= 0.6 is 11.6 Å². The summed E-state index contributed by atoms with van der Waals surface area (Å²) in [6, 6.07) is 9.41. The maximum absolute atomic E-state index is 11.9. The summed E-state index contributed by atoms with van der Waals surface area (Å²) in [7, 11) is -3.87. The minimum Gasteiger partial charge on any atom is -0.481 e. The number of aryl methyl sites for hydroxylation is 1. The molecule has 6 nitrogen and oxygen atoms in total. The van der Waals surface area contributed by atoms with Gasteiger partial charge in [0.2, 0.25) is 10.0 Å². The number of primary sulfonamides is 1. The molecule has 0 aromatic heterocycles. The molecule has 8 heteroatoms. The van der Waals surface area contributed by atoms with Crippen molar-refractivity contribution in [1.82, 2.24) is 0 Å². The van der Waals surface area contributed by atoms with Crippen molar-refractivity contribution in [2.24, 2.45) is 5.14 Å². The van der Waals surface area contributed by atoms with E-state index in [4.69, 9.17) is 26.2 Å². The molecule has 2 aromatic rings. The summed E-state index contributed by atoms with van der Waals surface area (Å²) in [5.74, 6) is -0.140. The lowest BCUT2D eigenvalue weighted by atomic mass is 10.00. The van der Waals surface area contributed by atoms with E-state index in [-0.39, 0.29) is 11.5 Å². The van der Waals surface area contributed by atoms with Gasteiger partial charge in [0.15, 0.2) is 6.61 Å². The summed E-state index contributed by atoms with van der Waals surface area (Å²) < 4.78 is 34.2. The van der Waals surface area contributed by atoms with Gasteiger partial charge in [-0.2, -0.15) is 0 Å². The van der Waals surface area contributed by atoms with Gasteiger partial charge in [-0.15, -0.1) is 0 Å². The molecule has 0 spiro atoms. The van der Waals surface area contributed by atoms with Gasteiger partial charge in [0.05, 0.1) is 4.90 Å². The number of hydrogen-bond donors (Lipinski definition) is 1. The Balaban J connectivity index is 2.41. The van der Waals surface area contributed by atoms with Crippen LogP contribution in [0.2, 0.25) is 5.02 Å². The molecule has 0 aliphatic carbocycles. The van der Waals surface area contributed by atoms with Crippen molar-refractivity contribution in [3.05, 3.63) is 47.0 Å². The number of carbonyl (C=O) groups excluding carboxylic acids is 1. The Labute approximate surface area is 164 Å². The molecule has 0 radical (unpaired) electrons. The SMILES string of the molecule is Cc1ccc(S(N)(=O)=O)cc1-c1cc(Cl)ccc1OCC(=O)OC(C)(C)C. The number of rotatable bonds is 5. The van der Waals surface area contributed by atoms with Crippen LogP contribution in [0.1, 0.15) is 26.3 Å². The molecule has 0 heterocycles. The van der Waals surface area contributed by atoms with Crippen molar-refractivity contribution in [2.45, 2.75) is 38.2 Å². The average molecular weight is 412 g/mol. The summed E-state index contributed by atoms with van der Waals surface area (Å²) in [6.07, 6.45) is 0. The van der Waals surface area contributed by atoms with Crippen molar-refractivity contribution in [2.75, 3.05) is 6.61 Å². The molecule has 0 bridgehead atoms. The minimum absolute atomic E-state index is 0.0267. The van der Waals surface area contributed by atoms with Crippen LogP contribution in [0.4, 0.5) is 0 Å². The zero-order valence-electron chi connectivity index (χ0n) is 15.6. The Morgan fingerprint density at radius 1 is 1.11 bits per heavy atom. The number of carbonyl (C=O) groups is 1. The van der Waals surface area contributed by atoms with Crippen LogP contribution in [-0.4, -0.2) is 26.6 Å². The predicted octanol–water partition coefficient (Wildman–Crippen LogP) is 3.68. The van der Waals surface area contributed by atoms with Gasteiger partial charge in [0.1, 0.15) is 11.4 Å². The first-order valence-electron chi connectivity index (χ1n) is 8.15. The fourth-order valence-electron chi connectivity index (χ4n) is 2.41. The van der Waals surface area contributed by atoms with Crippen LogP contribution in [0, 0.1) is 6.92 Å². The molecular weight excluding hydrogens is 390 g/mol. The molecule has 27 heavy (non-hydrogen) atoms. The molecule has 0 aliphatic rings. The number of hydrogen-bond acceptors (Lipinski definition) is 5. The minimum atomic E-state index is -3.87. The molecule has 2 N–H and O–H groups in total. The fourth-order valence-corrected chi connectivity index (χ4v) is 3.13. The number of halogens is 1. The summed E-state index contributed by atoms with van der Waals surface area (Å²) in [5, 5.41) is 5.67. The highest BCUT2D eigenvalue weighted by atomic mass is 35.5. The molecule has 0 saturated carbocycles. The van der Waals surface area contributed by atoms with Crippen LogP contribution in [0.15, 0.2) is 41.3 Å². The third-order valence-electron chi connectivity index (χ3n) is 3.53. The van der Waals surface area contributed by atoms with E-state index in [1.54, 1.807) is 45.0 Å². The molecule has 2 aromatic carbocycles. The van der Waals surface area contributed by atoms with Gasteiger partial charge in [0.25, 0.3) is 0 Å². The van der Waals surface area contributed by atoms with E-state index in [0.717, 1.165) is 5.56 Å². The van der Waals surface area contributed by atoms with E-state index in [9.17, 15) is 13.2 Å². The topological polar surface area (TPSA) is 95.7 Å². The molecule has 0 aliphatic heterocycles. The molecule has 146 valence electrons. The van der Waals surface area contributed by atoms with Gasteiger partial charge < -0.3 is 9.47 Å². The Kier molecular flexibility index (Phi) is 6.19. The molecule has 0 fully saturated rings. The second-order valence-electron chi connectivity index (χ2n) is 7.04. The Hall–Kier alpha value is -2.09. The fraction of sp³-hybridized carbons (Fsp3) is 0.316. The van der Waals surface area contributed by atoms with Crippen molar-refractivity contribution in [1.29, 1.82) is 0 Å². The largest absolute Gasteiger partial charge is 0.481 e. The number of nitrogens with two attached hydrogens (primary N) is 1. The molecule has 2 rings (SSSR count). The maximum Gasteiger partial charge on any atom is 0.344 e. The highest BCUT2D eigenvalue weighted by Crippen LogP contribution is 2.35. The van der Waals surface area contributed by atoms with Gasteiger partial charge in [0, 0.05) is 10.6 Å². The first-order valence-corrected chi connectivity index (χ1v) is 10.1. The lowest BCUT2D eigenvalue weighted by Crippen LogP contribution is -2.27. The summed E-state index contributed by atoms with van der Waals surface area (Å²) in [5.41, 5.74) is 1.31. The molecular formula is C19H22ClNO5S. The molecule has 0 unspecified atom stereocenters. The van der Waals surface area contributed by atoms with Gasteiger partial charge >= 0.3 is 5.97 Å². The van der Waals surface area contributed by atoms with Crippen LogP contribution in [-0.2, 0) is 19.6 Å². The second kappa shape index (κ2) is 7.88. The maximum atomic E-state index is 11.9. The van der Waals surface area contributed by atoms with Crippen molar-refractivity contribution < 1.29 is 22.7 Å². The van der Waals surface area contributed by atoms with Crippen LogP contribution in [0.5, 0.6) is 5.75 Å². The van der Waals surface area contributed by atoms with E-state index >= 15 is 0 Å². The van der Waals surface area contributed by atoms with E-state index < -0.39 is 21.6 Å². The zero-order chi connectivity index (χ0) is 20.4. The number of esters is 1. The quantitative estimate of drug-likeness (QED) is 0.757. The third kappa shape index (κ3) is 5.95. The van der Waals surface area contributed by atoms with Gasteiger partial charge in [-0.05, 0) is 69.2 Å². The van der Waals surface area contributed by atoms with Gasteiger partial charge in [-0.3, -0.25) is 0 Å². The first-order chi connectivity index (χ1) is 12.4. The second-order valence-corrected chi connectivity index (χ2v) is 9.04. The van der Waals surface area contributed by atoms with Crippen molar-refractivity contribution in [3.8, 4) is 16.9 Å². The van der Waals surface area contributed by atoms with E-state index in [1.165, 1.54) is 12.1 Å². The normalized spacial score (nSPS) is 11.9. The summed E-state index contributed by atoms with van der Waals surface area (Å²) in [6.45, 7) is 6.82. The Morgan fingerprint density at radius 2 is 1.78 bits per heavy atom. The highest BCUT2D eigenvalue weighted by molar-refractivity contribution is 7.89. The number of benzene rings is 2. The van der Waals surface area contributed by atoms with E-state index in [1.807, 2.05) is 6.92 Å².